The lowest BCUT2D eigenvalue weighted by Crippen LogP contribution is -1.92. The summed E-state index contributed by atoms with van der Waals surface area (Å²) in [5.74, 6) is 0.0531. The van der Waals surface area contributed by atoms with Gasteiger partial charge in [-0.3, -0.25) is 4.79 Å². The van der Waals surface area contributed by atoms with Crippen LogP contribution < -0.4 is 0 Å². The third-order valence-corrected chi connectivity index (χ3v) is 6.54. The number of Topliss-reactive ketones (excluding diaryl/α,β-unsaturated/α-hetero) is 1. The minimum Gasteiger partial charge on any atom is -0.370 e. The van der Waals surface area contributed by atoms with E-state index < -0.39 is 9.84 Å². The number of ketones is 1. The average molecular weight is 330 g/mol. The van der Waals surface area contributed by atoms with Crippen LogP contribution >= 0.6 is 22.7 Å². The summed E-state index contributed by atoms with van der Waals surface area (Å²) in [6.45, 7) is 2.33. The lowest BCUT2D eigenvalue weighted by molar-refractivity contribution is 0.102. The molecule has 7 heteroatoms. The number of hydrogen-bond donors (Lipinski definition) is 0. The second-order valence-corrected chi connectivity index (χ2v) is 8.89. The number of carbonyl (C=O) groups excluding carboxylic acids is 1. The lowest BCUT2D eigenvalue weighted by atomic mass is 10.3. The van der Waals surface area contributed by atoms with Crippen molar-refractivity contribution in [2.75, 3.05) is 6.26 Å². The van der Waals surface area contributed by atoms with E-state index in [1.807, 2.05) is 6.07 Å². The van der Waals surface area contributed by atoms with Gasteiger partial charge in [0.05, 0.1) is 18.1 Å². The summed E-state index contributed by atoms with van der Waals surface area (Å²) in [5.41, 5.74) is 0. The molecule has 0 bridgehead atoms. The van der Waals surface area contributed by atoms with Crippen LogP contribution in [0.25, 0.3) is 0 Å². The molecule has 2 aromatic rings. The van der Waals surface area contributed by atoms with Gasteiger partial charge in [-0.15, -0.1) is 22.7 Å². The van der Waals surface area contributed by atoms with Crippen molar-refractivity contribution >= 4 is 38.3 Å². The van der Waals surface area contributed by atoms with E-state index in [9.17, 15) is 13.2 Å². The maximum absolute atomic E-state index is 11.3. The van der Waals surface area contributed by atoms with Crippen LogP contribution in [0.1, 0.15) is 26.3 Å². The van der Waals surface area contributed by atoms with Crippen molar-refractivity contribution in [1.29, 1.82) is 0 Å². The summed E-state index contributed by atoms with van der Waals surface area (Å²) < 4.78 is 28.6. The maximum atomic E-state index is 11.3. The molecule has 20 heavy (non-hydrogen) atoms. The molecular formula is C13H14O4S3. The molecule has 0 saturated carbocycles. The van der Waals surface area contributed by atoms with E-state index in [0.29, 0.717) is 17.4 Å². The van der Waals surface area contributed by atoms with Crippen molar-refractivity contribution in [2.45, 2.75) is 24.3 Å². The summed E-state index contributed by atoms with van der Waals surface area (Å²) in [6, 6.07) is 7.02. The van der Waals surface area contributed by atoms with Crippen LogP contribution in [0.15, 0.2) is 28.5 Å². The van der Waals surface area contributed by atoms with Crippen molar-refractivity contribution in [2.24, 2.45) is 0 Å². The standard InChI is InChI=1S/C13H14O4S3/c1-9(14)12-5-3-10(18-12)7-17-8-11-4-6-13(19-11)20(2,15)16/h3-6H,7-8H2,1-2H3. The summed E-state index contributed by atoms with van der Waals surface area (Å²) in [5, 5.41) is 0. The van der Waals surface area contributed by atoms with E-state index in [2.05, 4.69) is 0 Å². The van der Waals surface area contributed by atoms with E-state index in [0.717, 1.165) is 14.6 Å². The molecule has 2 aromatic heterocycles. The minimum absolute atomic E-state index is 0.0531. The predicted molar refractivity (Wildman–Crippen MR) is 80.2 cm³/mol. The van der Waals surface area contributed by atoms with Gasteiger partial charge >= 0.3 is 0 Å². The van der Waals surface area contributed by atoms with Crippen LogP contribution in [0.3, 0.4) is 0 Å². The molecule has 0 spiro atoms. The Morgan fingerprint density at radius 1 is 1.10 bits per heavy atom. The van der Waals surface area contributed by atoms with Crippen molar-refractivity contribution in [1.82, 2.24) is 0 Å². The van der Waals surface area contributed by atoms with Gasteiger partial charge in [-0.05, 0) is 31.2 Å². The molecule has 0 amide bonds. The fourth-order valence-electron chi connectivity index (χ4n) is 1.53. The van der Waals surface area contributed by atoms with Crippen molar-refractivity contribution in [3.8, 4) is 0 Å². The zero-order valence-electron chi connectivity index (χ0n) is 11.1. The van der Waals surface area contributed by atoms with Gasteiger partial charge in [0.15, 0.2) is 15.6 Å². The topological polar surface area (TPSA) is 60.4 Å². The summed E-state index contributed by atoms with van der Waals surface area (Å²) in [6.07, 6.45) is 1.19. The van der Waals surface area contributed by atoms with Gasteiger partial charge in [-0.25, -0.2) is 8.42 Å². The number of rotatable bonds is 6. The molecule has 2 heterocycles. The van der Waals surface area contributed by atoms with E-state index in [-0.39, 0.29) is 5.78 Å². The Labute approximate surface area is 125 Å². The van der Waals surface area contributed by atoms with Gasteiger partial charge in [0.2, 0.25) is 0 Å². The van der Waals surface area contributed by atoms with Crippen molar-refractivity contribution in [3.05, 3.63) is 38.9 Å². The number of ether oxygens (including phenoxy) is 1. The highest BCUT2D eigenvalue weighted by atomic mass is 32.2. The molecule has 2 rings (SSSR count). The first-order chi connectivity index (χ1) is 9.36. The molecular weight excluding hydrogens is 316 g/mol. The predicted octanol–water partition coefficient (Wildman–Crippen LogP) is 3.13. The minimum atomic E-state index is -3.14. The molecule has 0 unspecified atom stereocenters. The van der Waals surface area contributed by atoms with E-state index in [1.54, 1.807) is 18.2 Å². The van der Waals surface area contributed by atoms with E-state index >= 15 is 0 Å². The van der Waals surface area contributed by atoms with Crippen molar-refractivity contribution in [3.63, 3.8) is 0 Å². The smallest absolute Gasteiger partial charge is 0.184 e. The molecule has 0 radical (unpaired) electrons. The first-order valence-corrected chi connectivity index (χ1v) is 9.35. The molecule has 0 aliphatic rings. The number of carbonyl (C=O) groups is 1. The van der Waals surface area contributed by atoms with Gasteiger partial charge in [-0.1, -0.05) is 0 Å². The molecule has 0 atom stereocenters. The van der Waals surface area contributed by atoms with E-state index in [4.69, 9.17) is 4.74 Å². The Bertz CT molecular complexity index is 710. The normalized spacial score (nSPS) is 11.7. The molecule has 0 fully saturated rings. The molecule has 0 aliphatic heterocycles. The summed E-state index contributed by atoms with van der Waals surface area (Å²) >= 11 is 2.64. The Balaban J connectivity index is 1.89. The Morgan fingerprint density at radius 3 is 2.20 bits per heavy atom. The largest absolute Gasteiger partial charge is 0.370 e. The summed E-state index contributed by atoms with van der Waals surface area (Å²) in [4.78, 5) is 13.7. The van der Waals surface area contributed by atoms with Crippen LogP contribution in [0.5, 0.6) is 0 Å². The quantitative estimate of drug-likeness (QED) is 0.764. The highest BCUT2D eigenvalue weighted by Crippen LogP contribution is 2.23. The monoisotopic (exact) mass is 330 g/mol. The third kappa shape index (κ3) is 3.99. The number of thiophene rings is 2. The molecule has 4 nitrogen and oxygen atoms in total. The van der Waals surface area contributed by atoms with Crippen molar-refractivity contribution < 1.29 is 17.9 Å². The Hall–Kier alpha value is -1.02. The molecule has 0 N–H and O–H groups in total. The zero-order valence-corrected chi connectivity index (χ0v) is 13.5. The van der Waals surface area contributed by atoms with Crippen LogP contribution in [0.2, 0.25) is 0 Å². The zero-order chi connectivity index (χ0) is 14.8. The second-order valence-electron chi connectivity index (χ2n) is 4.31. The van der Waals surface area contributed by atoms with Gasteiger partial charge in [0, 0.05) is 16.0 Å². The van der Waals surface area contributed by atoms with Gasteiger partial charge in [-0.2, -0.15) is 0 Å². The fraction of sp³-hybridized carbons (Fsp3) is 0.308. The van der Waals surface area contributed by atoms with Gasteiger partial charge in [0.25, 0.3) is 0 Å². The van der Waals surface area contributed by atoms with Crippen LogP contribution in [0.4, 0.5) is 0 Å². The van der Waals surface area contributed by atoms with Crippen LogP contribution in [0, 0.1) is 0 Å². The molecule has 0 aromatic carbocycles. The van der Waals surface area contributed by atoms with Crippen LogP contribution in [-0.4, -0.2) is 20.5 Å². The van der Waals surface area contributed by atoms with Gasteiger partial charge < -0.3 is 4.74 Å². The fourth-order valence-corrected chi connectivity index (χ4v) is 4.29. The molecule has 0 aliphatic carbocycles. The average Bonchev–Trinajstić information content (AvgIpc) is 2.96. The molecule has 108 valence electrons. The number of hydrogen-bond acceptors (Lipinski definition) is 6. The highest BCUT2D eigenvalue weighted by Gasteiger charge is 2.10. The first kappa shape index (κ1) is 15.4. The maximum Gasteiger partial charge on any atom is 0.184 e. The highest BCUT2D eigenvalue weighted by molar-refractivity contribution is 7.92. The Kier molecular flexibility index (Phi) is 4.74. The SMILES string of the molecule is CC(=O)c1ccc(COCc2ccc(S(C)(=O)=O)s2)s1. The summed E-state index contributed by atoms with van der Waals surface area (Å²) in [7, 11) is -3.14. The van der Waals surface area contributed by atoms with E-state index in [1.165, 1.54) is 35.9 Å². The number of sulfone groups is 1. The lowest BCUT2D eigenvalue weighted by Gasteiger charge is -1.99. The Morgan fingerprint density at radius 2 is 1.70 bits per heavy atom. The van der Waals surface area contributed by atoms with Crippen LogP contribution in [-0.2, 0) is 27.8 Å². The van der Waals surface area contributed by atoms with Gasteiger partial charge in [0.1, 0.15) is 4.21 Å². The third-order valence-electron chi connectivity index (χ3n) is 2.50. The second kappa shape index (κ2) is 6.17. The first-order valence-electron chi connectivity index (χ1n) is 5.82. The molecule has 0 saturated heterocycles.